The van der Waals surface area contributed by atoms with Gasteiger partial charge in [-0.25, -0.2) is 9.37 Å². The van der Waals surface area contributed by atoms with E-state index in [2.05, 4.69) is 14.9 Å². The number of morpholine rings is 1. The molecular formula is C19H19FN4O2. The Bertz CT molecular complexity index is 911. The van der Waals surface area contributed by atoms with E-state index < -0.39 is 0 Å². The number of ether oxygens (including phenoxy) is 2. The van der Waals surface area contributed by atoms with Crippen LogP contribution in [0.2, 0.25) is 0 Å². The number of fused-ring (bicyclic) bond motifs is 1. The van der Waals surface area contributed by atoms with E-state index in [-0.39, 0.29) is 5.82 Å². The molecule has 0 atom stereocenters. The van der Waals surface area contributed by atoms with Crippen LogP contribution in [-0.2, 0) is 4.74 Å². The maximum absolute atomic E-state index is 13.2. The fourth-order valence-electron chi connectivity index (χ4n) is 2.95. The third kappa shape index (κ3) is 3.30. The molecule has 0 saturated carbocycles. The number of halogens is 1. The van der Waals surface area contributed by atoms with Crippen molar-refractivity contribution in [3.8, 4) is 17.3 Å². The molecule has 3 heterocycles. The van der Waals surface area contributed by atoms with Crippen molar-refractivity contribution in [2.75, 3.05) is 37.8 Å². The Morgan fingerprint density at radius 2 is 1.81 bits per heavy atom. The summed E-state index contributed by atoms with van der Waals surface area (Å²) in [6.07, 6.45) is 0. The number of aromatic nitrogens is 3. The van der Waals surface area contributed by atoms with Gasteiger partial charge in [0.05, 0.1) is 31.0 Å². The van der Waals surface area contributed by atoms with Crippen molar-refractivity contribution in [3.05, 3.63) is 42.2 Å². The highest BCUT2D eigenvalue weighted by Crippen LogP contribution is 2.28. The lowest BCUT2D eigenvalue weighted by molar-refractivity contribution is 0.122. The second-order valence-corrected chi connectivity index (χ2v) is 5.93. The van der Waals surface area contributed by atoms with Gasteiger partial charge < -0.3 is 14.4 Å². The average Bonchev–Trinajstić information content (AvgIpc) is 2.69. The van der Waals surface area contributed by atoms with Crippen LogP contribution in [0.25, 0.3) is 22.3 Å². The molecule has 0 aliphatic carbocycles. The molecule has 0 amide bonds. The fraction of sp³-hybridized carbons (Fsp3) is 0.316. The first-order valence-corrected chi connectivity index (χ1v) is 8.65. The summed E-state index contributed by atoms with van der Waals surface area (Å²) >= 11 is 0. The maximum Gasteiger partial charge on any atom is 0.319 e. The molecule has 1 saturated heterocycles. The molecule has 1 aliphatic rings. The molecule has 26 heavy (non-hydrogen) atoms. The van der Waals surface area contributed by atoms with Crippen LogP contribution in [0.4, 0.5) is 10.2 Å². The molecule has 2 aromatic heterocycles. The minimum absolute atomic E-state index is 0.270. The van der Waals surface area contributed by atoms with Crippen molar-refractivity contribution in [2.45, 2.75) is 6.92 Å². The summed E-state index contributed by atoms with van der Waals surface area (Å²) in [5, 5.41) is 0. The number of rotatable bonds is 4. The first kappa shape index (κ1) is 16.7. The Morgan fingerprint density at radius 1 is 1.04 bits per heavy atom. The lowest BCUT2D eigenvalue weighted by Gasteiger charge is -2.28. The Balaban J connectivity index is 1.84. The van der Waals surface area contributed by atoms with E-state index >= 15 is 0 Å². The number of hydrogen-bond donors (Lipinski definition) is 0. The summed E-state index contributed by atoms with van der Waals surface area (Å²) in [4.78, 5) is 15.9. The number of hydrogen-bond acceptors (Lipinski definition) is 6. The summed E-state index contributed by atoms with van der Waals surface area (Å²) in [7, 11) is 0. The number of nitrogens with zero attached hydrogens (tertiary/aromatic N) is 4. The largest absolute Gasteiger partial charge is 0.464 e. The predicted octanol–water partition coefficient (Wildman–Crippen LogP) is 3.07. The summed E-state index contributed by atoms with van der Waals surface area (Å²) in [5.74, 6) is 0.471. The van der Waals surface area contributed by atoms with Crippen molar-refractivity contribution in [3.63, 3.8) is 0 Å². The van der Waals surface area contributed by atoms with Gasteiger partial charge in [0.2, 0.25) is 0 Å². The van der Waals surface area contributed by atoms with Gasteiger partial charge in [-0.2, -0.15) is 9.97 Å². The van der Waals surface area contributed by atoms with Gasteiger partial charge in [-0.05, 0) is 43.3 Å². The highest BCUT2D eigenvalue weighted by molar-refractivity contribution is 5.88. The van der Waals surface area contributed by atoms with E-state index in [1.54, 1.807) is 12.1 Å². The minimum Gasteiger partial charge on any atom is -0.464 e. The molecule has 7 heteroatoms. The fourth-order valence-corrected chi connectivity index (χ4v) is 2.95. The average molecular weight is 354 g/mol. The highest BCUT2D eigenvalue weighted by Gasteiger charge is 2.19. The SMILES string of the molecule is CCOc1nc(N2CCOCC2)c2nc(-c3ccc(F)cc3)ccc2n1. The number of benzene rings is 1. The van der Waals surface area contributed by atoms with E-state index in [9.17, 15) is 4.39 Å². The summed E-state index contributed by atoms with van der Waals surface area (Å²) < 4.78 is 24.2. The second kappa shape index (κ2) is 7.21. The van der Waals surface area contributed by atoms with Crippen molar-refractivity contribution in [1.29, 1.82) is 0 Å². The maximum atomic E-state index is 13.2. The van der Waals surface area contributed by atoms with Gasteiger partial charge >= 0.3 is 6.01 Å². The van der Waals surface area contributed by atoms with Crippen LogP contribution >= 0.6 is 0 Å². The van der Waals surface area contributed by atoms with E-state index in [0.717, 1.165) is 35.7 Å². The van der Waals surface area contributed by atoms with Crippen molar-refractivity contribution in [2.24, 2.45) is 0 Å². The van der Waals surface area contributed by atoms with E-state index in [4.69, 9.17) is 14.5 Å². The first-order chi connectivity index (χ1) is 12.7. The van der Waals surface area contributed by atoms with Gasteiger partial charge in [0.15, 0.2) is 5.82 Å². The van der Waals surface area contributed by atoms with Gasteiger partial charge in [-0.1, -0.05) is 0 Å². The Labute approximate surface area is 150 Å². The Kier molecular flexibility index (Phi) is 4.62. The quantitative estimate of drug-likeness (QED) is 0.718. The molecule has 0 N–H and O–H groups in total. The second-order valence-electron chi connectivity index (χ2n) is 5.93. The van der Waals surface area contributed by atoms with Crippen LogP contribution in [0.5, 0.6) is 6.01 Å². The zero-order valence-corrected chi connectivity index (χ0v) is 14.5. The van der Waals surface area contributed by atoms with Crippen LogP contribution < -0.4 is 9.64 Å². The topological polar surface area (TPSA) is 60.4 Å². The van der Waals surface area contributed by atoms with Crippen LogP contribution in [0.15, 0.2) is 36.4 Å². The molecule has 134 valence electrons. The first-order valence-electron chi connectivity index (χ1n) is 8.65. The van der Waals surface area contributed by atoms with Crippen LogP contribution in [-0.4, -0.2) is 47.9 Å². The zero-order chi connectivity index (χ0) is 17.9. The van der Waals surface area contributed by atoms with Crippen molar-refractivity contribution in [1.82, 2.24) is 15.0 Å². The summed E-state index contributed by atoms with van der Waals surface area (Å²) in [6, 6.07) is 10.4. The lowest BCUT2D eigenvalue weighted by Crippen LogP contribution is -2.37. The molecule has 3 aromatic rings. The standard InChI is InChI=1S/C19H19FN4O2/c1-2-26-19-22-16-8-7-15(13-3-5-14(20)6-4-13)21-17(16)18(23-19)24-9-11-25-12-10-24/h3-8H,2,9-12H2,1H3. The van der Waals surface area contributed by atoms with Crippen molar-refractivity contribution >= 4 is 16.9 Å². The Hall–Kier alpha value is -2.80. The highest BCUT2D eigenvalue weighted by atomic mass is 19.1. The molecule has 0 unspecified atom stereocenters. The number of anilines is 1. The zero-order valence-electron chi connectivity index (χ0n) is 14.5. The van der Waals surface area contributed by atoms with Crippen LogP contribution in [0.3, 0.4) is 0 Å². The van der Waals surface area contributed by atoms with Gasteiger partial charge in [-0.3, -0.25) is 0 Å². The molecule has 4 rings (SSSR count). The summed E-state index contributed by atoms with van der Waals surface area (Å²) in [6.45, 7) is 5.16. The smallest absolute Gasteiger partial charge is 0.319 e. The molecule has 0 radical (unpaired) electrons. The lowest BCUT2D eigenvalue weighted by atomic mass is 10.1. The van der Waals surface area contributed by atoms with Gasteiger partial charge in [0, 0.05) is 18.7 Å². The van der Waals surface area contributed by atoms with Gasteiger partial charge in [-0.15, -0.1) is 0 Å². The van der Waals surface area contributed by atoms with E-state index in [0.29, 0.717) is 31.3 Å². The summed E-state index contributed by atoms with van der Waals surface area (Å²) in [5.41, 5.74) is 3.02. The molecular weight excluding hydrogens is 335 g/mol. The molecule has 0 bridgehead atoms. The van der Waals surface area contributed by atoms with Crippen LogP contribution in [0.1, 0.15) is 6.92 Å². The molecule has 6 nitrogen and oxygen atoms in total. The normalized spacial score (nSPS) is 14.6. The third-order valence-corrected chi connectivity index (χ3v) is 4.23. The van der Waals surface area contributed by atoms with E-state index in [1.807, 2.05) is 19.1 Å². The number of pyridine rings is 1. The monoisotopic (exact) mass is 354 g/mol. The molecule has 1 aromatic carbocycles. The molecule has 1 fully saturated rings. The van der Waals surface area contributed by atoms with Gasteiger partial charge in [0.25, 0.3) is 0 Å². The van der Waals surface area contributed by atoms with E-state index in [1.165, 1.54) is 12.1 Å². The predicted molar refractivity (Wildman–Crippen MR) is 96.9 cm³/mol. The van der Waals surface area contributed by atoms with Crippen molar-refractivity contribution < 1.29 is 13.9 Å². The third-order valence-electron chi connectivity index (χ3n) is 4.23. The molecule has 0 spiro atoms. The molecule has 1 aliphatic heterocycles. The minimum atomic E-state index is -0.270. The van der Waals surface area contributed by atoms with Gasteiger partial charge in [0.1, 0.15) is 11.3 Å². The van der Waals surface area contributed by atoms with Crippen LogP contribution in [0, 0.1) is 5.82 Å². The Morgan fingerprint density at radius 3 is 2.54 bits per heavy atom.